The minimum absolute atomic E-state index is 0.194. The van der Waals surface area contributed by atoms with Crippen LogP contribution in [0.5, 0.6) is 5.75 Å². The van der Waals surface area contributed by atoms with E-state index in [-0.39, 0.29) is 18.1 Å². The van der Waals surface area contributed by atoms with Gasteiger partial charge in [0, 0.05) is 27.3 Å². The summed E-state index contributed by atoms with van der Waals surface area (Å²) >= 11 is 0. The molecule has 1 aromatic carbocycles. The molecule has 0 bridgehead atoms. The lowest BCUT2D eigenvalue weighted by Crippen LogP contribution is -2.52. The molecule has 0 fully saturated rings. The fourth-order valence-corrected chi connectivity index (χ4v) is 2.27. The molecule has 0 saturated heterocycles. The summed E-state index contributed by atoms with van der Waals surface area (Å²) in [5.41, 5.74) is -0.572. The number of hydrogen-bond donors (Lipinski definition) is 1. The van der Waals surface area contributed by atoms with Crippen molar-refractivity contribution in [2.24, 2.45) is 5.16 Å². The van der Waals surface area contributed by atoms with Crippen LogP contribution in [0.1, 0.15) is 5.56 Å². The lowest BCUT2D eigenvalue weighted by Gasteiger charge is -2.37. The minimum Gasteiger partial charge on any atom is -0.497 e. The smallest absolute Gasteiger partial charge is 0.254 e. The normalized spacial score (nSPS) is 19.7. The van der Waals surface area contributed by atoms with E-state index in [4.69, 9.17) is 9.57 Å². The highest BCUT2D eigenvalue weighted by molar-refractivity contribution is 6.00. The molecule has 7 nitrogen and oxygen atoms in total. The van der Waals surface area contributed by atoms with E-state index in [1.807, 2.05) is 24.3 Å². The Morgan fingerprint density at radius 2 is 2.04 bits per heavy atom. The number of amides is 1. The zero-order chi connectivity index (χ0) is 18.4. The molecule has 1 aliphatic heterocycles. The molecule has 0 aliphatic carbocycles. The average Bonchev–Trinajstić information content (AvgIpc) is 2.61. The van der Waals surface area contributed by atoms with Crippen molar-refractivity contribution in [2.45, 2.75) is 12.3 Å². The highest BCUT2D eigenvalue weighted by Crippen LogP contribution is 2.25. The Kier molecular flexibility index (Phi) is 5.82. The molecule has 1 atom stereocenters. The quantitative estimate of drug-likeness (QED) is 0.622. The largest absolute Gasteiger partial charge is 0.497 e. The Hall–Kier alpha value is -2.80. The Morgan fingerprint density at radius 3 is 2.64 bits per heavy atom. The number of allylic oxidation sites excluding steroid dienone is 2. The fourth-order valence-electron chi connectivity index (χ4n) is 2.27. The van der Waals surface area contributed by atoms with Crippen LogP contribution in [0.3, 0.4) is 0 Å². The van der Waals surface area contributed by atoms with Crippen LogP contribution >= 0.6 is 0 Å². The number of oxime groups is 1. The Balaban J connectivity index is 2.06. The first kappa shape index (κ1) is 18.5. The van der Waals surface area contributed by atoms with Crippen LogP contribution < -0.4 is 4.74 Å². The topological polar surface area (TPSA) is 74.6 Å². The molecule has 1 amide bonds. The summed E-state index contributed by atoms with van der Waals surface area (Å²) in [5.74, 6) is 0.453. The van der Waals surface area contributed by atoms with Gasteiger partial charge >= 0.3 is 0 Å². The number of hydrogen-bond acceptors (Lipinski definition) is 6. The van der Waals surface area contributed by atoms with Gasteiger partial charge in [-0.05, 0) is 29.8 Å². The molecule has 134 valence electrons. The highest BCUT2D eigenvalue weighted by Gasteiger charge is 2.39. The van der Waals surface area contributed by atoms with Crippen LogP contribution in [0.4, 0.5) is 0 Å². The van der Waals surface area contributed by atoms with Crippen molar-refractivity contribution in [3.05, 3.63) is 53.8 Å². The number of carbonyl (C=O) groups excluding carboxylic acids is 1. The Bertz CT molecular complexity index is 695. The summed E-state index contributed by atoms with van der Waals surface area (Å²) in [6.45, 7) is 0.233. The molecule has 7 heteroatoms. The molecule has 0 spiro atoms. The molecular weight excluding hydrogens is 322 g/mol. The first-order valence-electron chi connectivity index (χ1n) is 7.74. The standard InChI is InChI=1S/C18H23N3O4/c1-20(2)17(22)16-6-5-11-21(3)18(16,23)13-19-25-12-14-7-9-15(24-4)10-8-14/h5-11,13,23H,12H2,1-4H3. The van der Waals surface area contributed by atoms with Gasteiger partial charge in [-0.15, -0.1) is 0 Å². The molecule has 1 unspecified atom stereocenters. The second-order valence-corrected chi connectivity index (χ2v) is 5.81. The van der Waals surface area contributed by atoms with Crippen LogP contribution in [0.25, 0.3) is 0 Å². The number of carbonyl (C=O) groups is 1. The number of nitrogens with zero attached hydrogens (tertiary/aromatic N) is 3. The van der Waals surface area contributed by atoms with Crippen molar-refractivity contribution >= 4 is 12.1 Å². The van der Waals surface area contributed by atoms with Gasteiger partial charge in [0.1, 0.15) is 18.6 Å². The summed E-state index contributed by atoms with van der Waals surface area (Å²) in [4.78, 5) is 20.4. The van der Waals surface area contributed by atoms with E-state index in [9.17, 15) is 9.90 Å². The van der Waals surface area contributed by atoms with Gasteiger partial charge in [0.05, 0.1) is 12.7 Å². The van der Waals surface area contributed by atoms with Crippen molar-refractivity contribution < 1.29 is 19.5 Å². The zero-order valence-corrected chi connectivity index (χ0v) is 14.8. The Morgan fingerprint density at radius 1 is 1.36 bits per heavy atom. The lowest BCUT2D eigenvalue weighted by atomic mass is 9.98. The highest BCUT2D eigenvalue weighted by atomic mass is 16.6. The third kappa shape index (κ3) is 4.19. The average molecular weight is 345 g/mol. The van der Waals surface area contributed by atoms with E-state index >= 15 is 0 Å². The van der Waals surface area contributed by atoms with Crippen molar-refractivity contribution in [2.75, 3.05) is 28.3 Å². The number of benzene rings is 1. The molecule has 1 heterocycles. The second kappa shape index (κ2) is 7.85. The van der Waals surface area contributed by atoms with Crippen LogP contribution in [0, 0.1) is 0 Å². The van der Waals surface area contributed by atoms with E-state index in [2.05, 4.69) is 5.16 Å². The van der Waals surface area contributed by atoms with E-state index in [1.54, 1.807) is 46.6 Å². The van der Waals surface area contributed by atoms with Crippen LogP contribution in [-0.4, -0.2) is 61.0 Å². The second-order valence-electron chi connectivity index (χ2n) is 5.81. The van der Waals surface area contributed by atoms with Crippen molar-refractivity contribution in [1.82, 2.24) is 9.80 Å². The SMILES string of the molecule is COc1ccc(CON=CC2(O)C(C(=O)N(C)C)=CC=CN2C)cc1. The molecule has 1 N–H and O–H groups in total. The molecule has 0 saturated carbocycles. The number of ether oxygens (including phenoxy) is 1. The van der Waals surface area contributed by atoms with Crippen LogP contribution in [0.15, 0.2) is 53.3 Å². The summed E-state index contributed by atoms with van der Waals surface area (Å²) in [7, 11) is 6.51. The third-order valence-corrected chi connectivity index (χ3v) is 3.84. The molecule has 0 aromatic heterocycles. The van der Waals surface area contributed by atoms with Crippen molar-refractivity contribution in [3.8, 4) is 5.75 Å². The lowest BCUT2D eigenvalue weighted by molar-refractivity contribution is -0.127. The first-order chi connectivity index (χ1) is 11.9. The zero-order valence-electron chi connectivity index (χ0n) is 14.8. The van der Waals surface area contributed by atoms with E-state index < -0.39 is 5.72 Å². The van der Waals surface area contributed by atoms with E-state index in [0.29, 0.717) is 0 Å². The summed E-state index contributed by atoms with van der Waals surface area (Å²) in [6, 6.07) is 7.37. The van der Waals surface area contributed by atoms with Gasteiger partial charge in [0.15, 0.2) is 0 Å². The molecule has 0 radical (unpaired) electrons. The monoisotopic (exact) mass is 345 g/mol. The molecule has 25 heavy (non-hydrogen) atoms. The number of rotatable bonds is 6. The van der Waals surface area contributed by atoms with Gasteiger partial charge in [0.25, 0.3) is 5.91 Å². The predicted molar refractivity (Wildman–Crippen MR) is 94.9 cm³/mol. The maximum absolute atomic E-state index is 12.3. The number of methoxy groups -OCH3 is 1. The molecular formula is C18H23N3O4. The van der Waals surface area contributed by atoms with Gasteiger partial charge in [-0.2, -0.15) is 0 Å². The fraction of sp³-hybridized carbons (Fsp3) is 0.333. The van der Waals surface area contributed by atoms with E-state index in [1.165, 1.54) is 16.0 Å². The molecule has 2 rings (SSSR count). The van der Waals surface area contributed by atoms with Gasteiger partial charge in [-0.1, -0.05) is 17.3 Å². The van der Waals surface area contributed by atoms with Gasteiger partial charge in [0.2, 0.25) is 5.72 Å². The maximum atomic E-state index is 12.3. The first-order valence-corrected chi connectivity index (χ1v) is 7.74. The van der Waals surface area contributed by atoms with Crippen molar-refractivity contribution in [3.63, 3.8) is 0 Å². The summed E-state index contributed by atoms with van der Waals surface area (Å²) in [5, 5.41) is 14.8. The van der Waals surface area contributed by atoms with Gasteiger partial charge in [-0.25, -0.2) is 0 Å². The van der Waals surface area contributed by atoms with Gasteiger partial charge < -0.3 is 24.5 Å². The number of aliphatic hydroxyl groups is 1. The minimum atomic E-state index is -1.67. The van der Waals surface area contributed by atoms with Gasteiger partial charge in [-0.3, -0.25) is 4.79 Å². The Labute approximate surface area is 147 Å². The summed E-state index contributed by atoms with van der Waals surface area (Å²) in [6.07, 6.45) is 6.13. The van der Waals surface area contributed by atoms with E-state index in [0.717, 1.165) is 11.3 Å². The molecule has 1 aromatic rings. The summed E-state index contributed by atoms with van der Waals surface area (Å²) < 4.78 is 5.10. The predicted octanol–water partition coefficient (Wildman–Crippen LogP) is 1.36. The third-order valence-electron chi connectivity index (χ3n) is 3.84. The number of likely N-dealkylation sites (N-methyl/N-ethyl adjacent to an activating group) is 2. The van der Waals surface area contributed by atoms with Crippen molar-refractivity contribution in [1.29, 1.82) is 0 Å². The van der Waals surface area contributed by atoms with Crippen LogP contribution in [0.2, 0.25) is 0 Å². The molecule has 1 aliphatic rings. The van der Waals surface area contributed by atoms with Crippen LogP contribution in [-0.2, 0) is 16.2 Å². The maximum Gasteiger partial charge on any atom is 0.254 e.